The van der Waals surface area contributed by atoms with Gasteiger partial charge in [0.2, 0.25) is 0 Å². The van der Waals surface area contributed by atoms with Crippen LogP contribution in [-0.2, 0) is 10.0 Å². The number of sulfonamides is 1. The van der Waals surface area contributed by atoms with Crippen molar-refractivity contribution >= 4 is 33.0 Å². The molecule has 0 radical (unpaired) electrons. The van der Waals surface area contributed by atoms with Crippen LogP contribution in [0.15, 0.2) is 28.5 Å². The highest BCUT2D eigenvalue weighted by molar-refractivity contribution is 7.93. The predicted molar refractivity (Wildman–Crippen MR) is 78.0 cm³/mol. The first-order chi connectivity index (χ1) is 9.72. The van der Waals surface area contributed by atoms with Crippen molar-refractivity contribution in [3.05, 3.63) is 45.4 Å². The standard InChI is InChI=1S/C13H12FNO4S2/c1-7-3-4-9(5-10(7)14)15-21(18,19)12-8(2)6-20-11(12)13(16)17/h3-6,15H,1-2H3,(H,16,17). The Morgan fingerprint density at radius 3 is 2.52 bits per heavy atom. The summed E-state index contributed by atoms with van der Waals surface area (Å²) in [7, 11) is -4.09. The summed E-state index contributed by atoms with van der Waals surface area (Å²) in [6, 6.07) is 3.90. The lowest BCUT2D eigenvalue weighted by Crippen LogP contribution is -2.16. The van der Waals surface area contributed by atoms with Crippen LogP contribution >= 0.6 is 11.3 Å². The second kappa shape index (κ2) is 5.45. The first-order valence-electron chi connectivity index (χ1n) is 5.82. The Morgan fingerprint density at radius 2 is 1.95 bits per heavy atom. The highest BCUT2D eigenvalue weighted by atomic mass is 32.2. The molecule has 2 aromatic rings. The number of carboxylic acids is 1. The molecule has 112 valence electrons. The van der Waals surface area contributed by atoms with Gasteiger partial charge in [0, 0.05) is 0 Å². The molecule has 5 nitrogen and oxygen atoms in total. The molecular formula is C13H12FNO4S2. The number of thiophene rings is 1. The number of hydrogen-bond donors (Lipinski definition) is 2. The number of aromatic carboxylic acids is 1. The van der Waals surface area contributed by atoms with Gasteiger partial charge < -0.3 is 5.11 Å². The number of carboxylic acid groups (broad SMARTS) is 1. The van der Waals surface area contributed by atoms with E-state index in [1.807, 2.05) is 0 Å². The predicted octanol–water partition coefficient (Wildman–Crippen LogP) is 3.00. The van der Waals surface area contributed by atoms with Crippen molar-refractivity contribution in [3.8, 4) is 0 Å². The summed E-state index contributed by atoms with van der Waals surface area (Å²) in [5.74, 6) is -1.86. The topological polar surface area (TPSA) is 83.5 Å². The highest BCUT2D eigenvalue weighted by Gasteiger charge is 2.27. The second-order valence-electron chi connectivity index (χ2n) is 4.45. The van der Waals surface area contributed by atoms with Crippen LogP contribution in [0.1, 0.15) is 20.8 Å². The molecule has 0 spiro atoms. The monoisotopic (exact) mass is 329 g/mol. The number of hydrogen-bond acceptors (Lipinski definition) is 4. The van der Waals surface area contributed by atoms with Gasteiger partial charge in [-0.2, -0.15) is 0 Å². The number of anilines is 1. The number of benzene rings is 1. The Morgan fingerprint density at radius 1 is 1.29 bits per heavy atom. The van der Waals surface area contributed by atoms with E-state index in [1.165, 1.54) is 24.4 Å². The lowest BCUT2D eigenvalue weighted by molar-refractivity contribution is 0.0698. The van der Waals surface area contributed by atoms with Gasteiger partial charge in [-0.3, -0.25) is 4.72 Å². The minimum Gasteiger partial charge on any atom is -0.477 e. The third-order valence-electron chi connectivity index (χ3n) is 2.80. The zero-order chi connectivity index (χ0) is 15.8. The molecule has 1 heterocycles. The smallest absolute Gasteiger partial charge is 0.347 e. The molecule has 0 amide bonds. The van der Waals surface area contributed by atoms with Crippen LogP contribution in [0.4, 0.5) is 10.1 Å². The molecule has 0 saturated heterocycles. The van der Waals surface area contributed by atoms with Gasteiger partial charge in [-0.1, -0.05) is 6.07 Å². The minimum absolute atomic E-state index is 0.0417. The van der Waals surface area contributed by atoms with Gasteiger partial charge in [0.1, 0.15) is 15.6 Å². The molecular weight excluding hydrogens is 317 g/mol. The van der Waals surface area contributed by atoms with Gasteiger partial charge in [0.15, 0.2) is 0 Å². The van der Waals surface area contributed by atoms with Crippen LogP contribution in [0.5, 0.6) is 0 Å². The molecule has 0 aliphatic heterocycles. The maximum Gasteiger partial charge on any atom is 0.347 e. The van der Waals surface area contributed by atoms with E-state index in [9.17, 15) is 17.6 Å². The highest BCUT2D eigenvalue weighted by Crippen LogP contribution is 2.29. The molecule has 1 aromatic carbocycles. The lowest BCUT2D eigenvalue weighted by atomic mass is 10.2. The molecule has 2 rings (SSSR count). The summed E-state index contributed by atoms with van der Waals surface area (Å²) < 4.78 is 40.3. The molecule has 8 heteroatoms. The van der Waals surface area contributed by atoms with Crippen molar-refractivity contribution < 1.29 is 22.7 Å². The number of nitrogens with one attached hydrogen (secondary N) is 1. The summed E-state index contributed by atoms with van der Waals surface area (Å²) in [5.41, 5.74) is 0.758. The van der Waals surface area contributed by atoms with E-state index in [-0.39, 0.29) is 15.5 Å². The van der Waals surface area contributed by atoms with Gasteiger partial charge in [-0.15, -0.1) is 11.3 Å². The van der Waals surface area contributed by atoms with E-state index in [2.05, 4.69) is 4.72 Å². The van der Waals surface area contributed by atoms with Crippen LogP contribution < -0.4 is 4.72 Å². The molecule has 0 aliphatic rings. The molecule has 0 bridgehead atoms. The minimum atomic E-state index is -4.09. The summed E-state index contributed by atoms with van der Waals surface area (Å²) in [6.45, 7) is 3.06. The number of aryl methyl sites for hydroxylation is 2. The van der Waals surface area contributed by atoms with Crippen molar-refractivity contribution in [3.63, 3.8) is 0 Å². The SMILES string of the molecule is Cc1ccc(NS(=O)(=O)c2c(C)csc2C(=O)O)cc1F. The van der Waals surface area contributed by atoms with Gasteiger partial charge in [-0.25, -0.2) is 17.6 Å². The zero-order valence-corrected chi connectivity index (χ0v) is 12.8. The third-order valence-corrected chi connectivity index (χ3v) is 5.59. The Labute approximate surface area is 125 Å². The summed E-state index contributed by atoms with van der Waals surface area (Å²) >= 11 is 0.835. The first kappa shape index (κ1) is 15.5. The van der Waals surface area contributed by atoms with E-state index in [1.54, 1.807) is 6.92 Å². The average molecular weight is 329 g/mol. The largest absolute Gasteiger partial charge is 0.477 e. The third kappa shape index (κ3) is 3.06. The molecule has 0 unspecified atom stereocenters. The Balaban J connectivity index is 2.45. The Kier molecular flexibility index (Phi) is 4.02. The van der Waals surface area contributed by atoms with Gasteiger partial charge in [0.05, 0.1) is 5.69 Å². The summed E-state index contributed by atoms with van der Waals surface area (Å²) in [6.07, 6.45) is 0. The van der Waals surface area contributed by atoms with Crippen molar-refractivity contribution in [1.29, 1.82) is 0 Å². The van der Waals surface area contributed by atoms with Crippen LogP contribution in [0.25, 0.3) is 0 Å². The van der Waals surface area contributed by atoms with Gasteiger partial charge in [-0.05, 0) is 42.5 Å². The molecule has 0 atom stereocenters. The van der Waals surface area contributed by atoms with Gasteiger partial charge in [0.25, 0.3) is 10.0 Å². The Hall–Kier alpha value is -1.93. The number of carbonyl (C=O) groups is 1. The van der Waals surface area contributed by atoms with Crippen LogP contribution in [0.3, 0.4) is 0 Å². The number of rotatable bonds is 4. The first-order valence-corrected chi connectivity index (χ1v) is 8.19. The summed E-state index contributed by atoms with van der Waals surface area (Å²) in [5, 5.41) is 10.5. The molecule has 0 saturated carbocycles. The molecule has 0 fully saturated rings. The lowest BCUT2D eigenvalue weighted by Gasteiger charge is -2.09. The van der Waals surface area contributed by atoms with E-state index < -0.39 is 21.8 Å². The van der Waals surface area contributed by atoms with E-state index in [0.717, 1.165) is 17.4 Å². The maximum absolute atomic E-state index is 13.5. The molecule has 0 aliphatic carbocycles. The second-order valence-corrected chi connectivity index (χ2v) is 6.95. The van der Waals surface area contributed by atoms with Crippen LogP contribution in [-0.4, -0.2) is 19.5 Å². The van der Waals surface area contributed by atoms with Crippen molar-refractivity contribution in [2.45, 2.75) is 18.7 Å². The average Bonchev–Trinajstić information content (AvgIpc) is 2.76. The fourth-order valence-electron chi connectivity index (χ4n) is 1.78. The van der Waals surface area contributed by atoms with Gasteiger partial charge >= 0.3 is 5.97 Å². The van der Waals surface area contributed by atoms with Crippen molar-refractivity contribution in [1.82, 2.24) is 0 Å². The molecule has 21 heavy (non-hydrogen) atoms. The number of halogens is 1. The van der Waals surface area contributed by atoms with Crippen molar-refractivity contribution in [2.75, 3.05) is 4.72 Å². The fourth-order valence-corrected chi connectivity index (χ4v) is 4.46. The van der Waals surface area contributed by atoms with Crippen molar-refractivity contribution in [2.24, 2.45) is 0 Å². The summed E-state index contributed by atoms with van der Waals surface area (Å²) in [4.78, 5) is 10.5. The molecule has 2 N–H and O–H groups in total. The van der Waals surface area contributed by atoms with E-state index in [4.69, 9.17) is 5.11 Å². The maximum atomic E-state index is 13.5. The van der Waals surface area contributed by atoms with Crippen LogP contribution in [0, 0.1) is 19.7 Å². The van der Waals surface area contributed by atoms with E-state index >= 15 is 0 Å². The zero-order valence-electron chi connectivity index (χ0n) is 11.2. The molecule has 1 aromatic heterocycles. The quantitative estimate of drug-likeness (QED) is 0.903. The van der Waals surface area contributed by atoms with E-state index in [0.29, 0.717) is 11.1 Å². The Bertz CT molecular complexity index is 812. The van der Waals surface area contributed by atoms with Crippen LogP contribution in [0.2, 0.25) is 0 Å². The fraction of sp³-hybridized carbons (Fsp3) is 0.154. The normalized spacial score (nSPS) is 11.4.